The Kier molecular flexibility index (Phi) is 6.56. The van der Waals surface area contributed by atoms with Gasteiger partial charge in [-0.1, -0.05) is 31.9 Å². The van der Waals surface area contributed by atoms with Gasteiger partial charge in [0.2, 0.25) is 0 Å². The summed E-state index contributed by atoms with van der Waals surface area (Å²) in [5, 5.41) is 21.2. The second-order valence-corrected chi connectivity index (χ2v) is 4.76. The lowest BCUT2D eigenvalue weighted by atomic mass is 10.0. The third-order valence-electron chi connectivity index (χ3n) is 3.10. The van der Waals surface area contributed by atoms with Crippen molar-refractivity contribution in [2.24, 2.45) is 0 Å². The first kappa shape index (κ1) is 16.0. The predicted octanol–water partition coefficient (Wildman–Crippen LogP) is 2.55. The summed E-state index contributed by atoms with van der Waals surface area (Å²) < 4.78 is 0. The van der Waals surface area contributed by atoms with Crippen LogP contribution in [-0.2, 0) is 4.79 Å². The molecule has 20 heavy (non-hydrogen) atoms. The minimum Gasteiger partial charge on any atom is -0.507 e. The number of carbonyl (C=O) groups excluding carboxylic acids is 1. The van der Waals surface area contributed by atoms with Gasteiger partial charge in [-0.25, -0.2) is 0 Å². The fourth-order valence-corrected chi connectivity index (χ4v) is 1.97. The van der Waals surface area contributed by atoms with Crippen molar-refractivity contribution >= 4 is 11.9 Å². The number of carboxylic acids is 1. The summed E-state index contributed by atoms with van der Waals surface area (Å²) in [5.74, 6) is -1.31. The smallest absolute Gasteiger partial charge is 0.303 e. The number of benzene rings is 1. The molecular weight excluding hydrogens is 258 g/mol. The molecule has 1 aromatic carbocycles. The second kappa shape index (κ2) is 8.19. The zero-order chi connectivity index (χ0) is 15.0. The molecule has 0 heterocycles. The number of hydrogen-bond acceptors (Lipinski definition) is 3. The second-order valence-electron chi connectivity index (χ2n) is 4.76. The average Bonchev–Trinajstić information content (AvgIpc) is 2.42. The van der Waals surface area contributed by atoms with Crippen molar-refractivity contribution in [3.8, 4) is 5.75 Å². The van der Waals surface area contributed by atoms with E-state index in [1.807, 2.05) is 6.92 Å². The summed E-state index contributed by atoms with van der Waals surface area (Å²) in [7, 11) is 0. The highest BCUT2D eigenvalue weighted by Gasteiger charge is 2.16. The van der Waals surface area contributed by atoms with Gasteiger partial charge >= 0.3 is 5.97 Å². The SMILES string of the molecule is CCCCC(CCC(=O)O)NC(=O)c1ccccc1O. The maximum absolute atomic E-state index is 12.1. The van der Waals surface area contributed by atoms with Crippen molar-refractivity contribution in [2.45, 2.75) is 45.1 Å². The molecule has 0 spiro atoms. The first-order chi connectivity index (χ1) is 9.54. The minimum absolute atomic E-state index is 0.0232. The lowest BCUT2D eigenvalue weighted by Crippen LogP contribution is -2.35. The third-order valence-corrected chi connectivity index (χ3v) is 3.10. The number of amides is 1. The van der Waals surface area contributed by atoms with Gasteiger partial charge in [0.1, 0.15) is 5.75 Å². The number of nitrogens with one attached hydrogen (secondary N) is 1. The molecule has 0 aromatic heterocycles. The number of phenols is 1. The Labute approximate surface area is 118 Å². The topological polar surface area (TPSA) is 86.6 Å². The molecule has 5 nitrogen and oxygen atoms in total. The fourth-order valence-electron chi connectivity index (χ4n) is 1.97. The number of aliphatic carboxylic acids is 1. The molecule has 1 aromatic rings. The summed E-state index contributed by atoms with van der Waals surface area (Å²) in [6.45, 7) is 2.04. The Morgan fingerprint density at radius 1 is 1.25 bits per heavy atom. The zero-order valence-corrected chi connectivity index (χ0v) is 11.6. The molecule has 0 saturated heterocycles. The van der Waals surface area contributed by atoms with Crippen LogP contribution in [0.1, 0.15) is 49.4 Å². The number of para-hydroxylation sites is 1. The molecule has 1 rings (SSSR count). The van der Waals surface area contributed by atoms with Crippen molar-refractivity contribution in [2.75, 3.05) is 0 Å². The quantitative estimate of drug-likeness (QED) is 0.682. The van der Waals surface area contributed by atoms with E-state index in [4.69, 9.17) is 5.11 Å². The highest BCUT2D eigenvalue weighted by atomic mass is 16.4. The van der Waals surface area contributed by atoms with Crippen LogP contribution in [0.4, 0.5) is 0 Å². The van der Waals surface area contributed by atoms with Crippen LogP contribution in [0.5, 0.6) is 5.75 Å². The molecule has 3 N–H and O–H groups in total. The minimum atomic E-state index is -0.872. The Morgan fingerprint density at radius 3 is 2.55 bits per heavy atom. The van der Waals surface area contributed by atoms with E-state index in [1.54, 1.807) is 18.2 Å². The average molecular weight is 279 g/mol. The molecule has 0 aliphatic rings. The standard InChI is InChI=1S/C15H21NO4/c1-2-3-6-11(9-10-14(18)19)16-15(20)12-7-4-5-8-13(12)17/h4-5,7-8,11,17H,2-3,6,9-10H2,1H3,(H,16,20)(H,18,19). The van der Waals surface area contributed by atoms with Gasteiger partial charge in [-0.3, -0.25) is 9.59 Å². The largest absolute Gasteiger partial charge is 0.507 e. The summed E-state index contributed by atoms with van der Waals surface area (Å²) in [5.41, 5.74) is 0.212. The van der Waals surface area contributed by atoms with Crippen LogP contribution in [-0.4, -0.2) is 28.1 Å². The van der Waals surface area contributed by atoms with Crippen LogP contribution in [0.15, 0.2) is 24.3 Å². The summed E-state index contributed by atoms with van der Waals surface area (Å²) in [6.07, 6.45) is 3.06. The molecule has 0 aliphatic carbocycles. The molecule has 0 radical (unpaired) electrons. The van der Waals surface area contributed by atoms with Crippen LogP contribution in [0, 0.1) is 0 Å². The van der Waals surface area contributed by atoms with Crippen molar-refractivity contribution in [1.29, 1.82) is 0 Å². The summed E-state index contributed by atoms with van der Waals surface area (Å²) >= 11 is 0. The number of carbonyl (C=O) groups is 2. The first-order valence-electron chi connectivity index (χ1n) is 6.85. The molecular formula is C15H21NO4. The highest BCUT2D eigenvalue weighted by Crippen LogP contribution is 2.16. The Bertz CT molecular complexity index is 459. The molecule has 0 bridgehead atoms. The zero-order valence-electron chi connectivity index (χ0n) is 11.6. The number of unbranched alkanes of at least 4 members (excludes halogenated alkanes) is 1. The molecule has 1 amide bonds. The van der Waals surface area contributed by atoms with Gasteiger partial charge in [0.15, 0.2) is 0 Å². The van der Waals surface area contributed by atoms with E-state index < -0.39 is 5.97 Å². The number of hydrogen-bond donors (Lipinski definition) is 3. The van der Waals surface area contributed by atoms with Gasteiger partial charge in [0.05, 0.1) is 5.56 Å². The van der Waals surface area contributed by atoms with E-state index in [0.29, 0.717) is 6.42 Å². The van der Waals surface area contributed by atoms with Crippen LogP contribution in [0.2, 0.25) is 0 Å². The van der Waals surface area contributed by atoms with E-state index in [1.165, 1.54) is 6.07 Å². The van der Waals surface area contributed by atoms with Crippen LogP contribution in [0.3, 0.4) is 0 Å². The lowest BCUT2D eigenvalue weighted by Gasteiger charge is -2.18. The van der Waals surface area contributed by atoms with Crippen LogP contribution in [0.25, 0.3) is 0 Å². The molecule has 0 fully saturated rings. The molecule has 0 saturated carbocycles. The molecule has 5 heteroatoms. The molecule has 110 valence electrons. The van der Waals surface area contributed by atoms with Crippen LogP contribution < -0.4 is 5.32 Å². The first-order valence-corrected chi connectivity index (χ1v) is 6.85. The van der Waals surface area contributed by atoms with Crippen molar-refractivity contribution in [3.63, 3.8) is 0 Å². The highest BCUT2D eigenvalue weighted by molar-refractivity contribution is 5.96. The van der Waals surface area contributed by atoms with Gasteiger partial charge in [0, 0.05) is 12.5 Å². The third kappa shape index (κ3) is 5.30. The van der Waals surface area contributed by atoms with E-state index in [2.05, 4.69) is 5.32 Å². The van der Waals surface area contributed by atoms with Gasteiger partial charge in [-0.15, -0.1) is 0 Å². The van der Waals surface area contributed by atoms with Crippen molar-refractivity contribution < 1.29 is 19.8 Å². The summed E-state index contributed by atoms with van der Waals surface area (Å²) in [4.78, 5) is 22.7. The number of carboxylic acid groups (broad SMARTS) is 1. The lowest BCUT2D eigenvalue weighted by molar-refractivity contribution is -0.137. The monoisotopic (exact) mass is 279 g/mol. The van der Waals surface area contributed by atoms with E-state index in [9.17, 15) is 14.7 Å². The van der Waals surface area contributed by atoms with Crippen LogP contribution >= 0.6 is 0 Å². The normalized spacial score (nSPS) is 11.8. The van der Waals surface area contributed by atoms with Gasteiger partial charge in [-0.05, 0) is 25.0 Å². The van der Waals surface area contributed by atoms with Crippen molar-refractivity contribution in [3.05, 3.63) is 29.8 Å². The Hall–Kier alpha value is -2.04. The summed E-state index contributed by atoms with van der Waals surface area (Å²) in [6, 6.07) is 6.13. The van der Waals surface area contributed by atoms with Gasteiger partial charge in [0.25, 0.3) is 5.91 Å². The van der Waals surface area contributed by atoms with Crippen molar-refractivity contribution in [1.82, 2.24) is 5.32 Å². The number of aromatic hydroxyl groups is 1. The van der Waals surface area contributed by atoms with E-state index in [0.717, 1.165) is 19.3 Å². The van der Waals surface area contributed by atoms with E-state index >= 15 is 0 Å². The van der Waals surface area contributed by atoms with Gasteiger partial charge in [-0.2, -0.15) is 0 Å². The Balaban J connectivity index is 2.65. The predicted molar refractivity (Wildman–Crippen MR) is 75.8 cm³/mol. The maximum atomic E-state index is 12.1. The molecule has 1 atom stereocenters. The molecule has 0 aliphatic heterocycles. The number of rotatable bonds is 8. The fraction of sp³-hybridized carbons (Fsp3) is 0.467. The maximum Gasteiger partial charge on any atom is 0.303 e. The molecule has 1 unspecified atom stereocenters. The van der Waals surface area contributed by atoms with E-state index in [-0.39, 0.29) is 29.7 Å². The number of phenolic OH excluding ortho intramolecular Hbond substituents is 1. The van der Waals surface area contributed by atoms with Gasteiger partial charge < -0.3 is 15.5 Å². The Morgan fingerprint density at radius 2 is 1.95 bits per heavy atom.